The van der Waals surface area contributed by atoms with Crippen LogP contribution in [0.25, 0.3) is 0 Å². The van der Waals surface area contributed by atoms with Crippen LogP contribution in [0.15, 0.2) is 52.8 Å². The summed E-state index contributed by atoms with van der Waals surface area (Å²) in [7, 11) is 2.60. The molecule has 6 nitrogen and oxygen atoms in total. The molecule has 0 heterocycles. The largest absolute Gasteiger partial charge is 0.416 e. The quantitative estimate of drug-likeness (QED) is 0.317. The topological polar surface area (TPSA) is 72.3 Å². The second-order valence-corrected chi connectivity index (χ2v) is 6.87. The van der Waals surface area contributed by atoms with Crippen molar-refractivity contribution in [2.45, 2.75) is 32.3 Å². The number of benzene rings is 2. The number of oxime groups is 2. The number of carbonyl (C=O) groups is 1. The first kappa shape index (κ1) is 26.7. The Balaban J connectivity index is 2.46. The Morgan fingerprint density at radius 2 is 1.76 bits per heavy atom. The average molecular weight is 489 g/mol. The van der Waals surface area contributed by atoms with Crippen LogP contribution in [0.4, 0.5) is 26.3 Å². The van der Waals surface area contributed by atoms with Gasteiger partial charge in [-0.1, -0.05) is 40.6 Å². The Labute approximate surface area is 191 Å². The summed E-state index contributed by atoms with van der Waals surface area (Å²) in [6.07, 6.45) is -11.3. The van der Waals surface area contributed by atoms with Crippen LogP contribution in [-0.4, -0.2) is 44.1 Å². The molecule has 0 aliphatic carbocycles. The van der Waals surface area contributed by atoms with Gasteiger partial charge in [0.1, 0.15) is 19.4 Å². The van der Waals surface area contributed by atoms with Gasteiger partial charge in [-0.3, -0.25) is 4.79 Å². The molecule has 2 aromatic carbocycles. The molecule has 1 N–H and O–H groups in total. The van der Waals surface area contributed by atoms with Crippen molar-refractivity contribution >= 4 is 17.3 Å². The summed E-state index contributed by atoms with van der Waals surface area (Å²) in [5.41, 5.74) is -1.60. The molecular formula is C22H21F6N3O3. The van der Waals surface area contributed by atoms with Crippen LogP contribution >= 0.6 is 0 Å². The number of nitrogens with zero attached hydrogens (tertiary/aromatic N) is 2. The smallest absolute Gasteiger partial charge is 0.398 e. The van der Waals surface area contributed by atoms with Gasteiger partial charge in [0.2, 0.25) is 6.17 Å². The van der Waals surface area contributed by atoms with Gasteiger partial charge in [-0.05, 0) is 24.6 Å². The highest BCUT2D eigenvalue weighted by atomic mass is 19.4. The zero-order chi connectivity index (χ0) is 25.5. The summed E-state index contributed by atoms with van der Waals surface area (Å²) in [4.78, 5) is 22.0. The van der Waals surface area contributed by atoms with E-state index in [1.54, 1.807) is 19.1 Å². The van der Waals surface area contributed by atoms with Crippen molar-refractivity contribution in [1.82, 2.24) is 5.32 Å². The lowest BCUT2D eigenvalue weighted by molar-refractivity contribution is -0.137. The highest BCUT2D eigenvalue weighted by Crippen LogP contribution is 2.30. The number of amides is 1. The lowest BCUT2D eigenvalue weighted by atomic mass is 9.98. The molecule has 12 heteroatoms. The van der Waals surface area contributed by atoms with Gasteiger partial charge < -0.3 is 15.0 Å². The number of nitrogens with one attached hydrogen (secondary N) is 1. The number of halogens is 6. The Morgan fingerprint density at radius 1 is 1.09 bits per heavy atom. The number of alkyl halides is 6. The first-order valence-electron chi connectivity index (χ1n) is 9.73. The molecule has 0 aromatic heterocycles. The molecule has 0 aliphatic rings. The van der Waals surface area contributed by atoms with Gasteiger partial charge in [-0.2, -0.15) is 13.2 Å². The lowest BCUT2D eigenvalue weighted by Crippen LogP contribution is -2.29. The monoisotopic (exact) mass is 489 g/mol. The molecule has 0 saturated heterocycles. The molecule has 0 fully saturated rings. The predicted molar refractivity (Wildman–Crippen MR) is 112 cm³/mol. The van der Waals surface area contributed by atoms with Crippen molar-refractivity contribution in [3.63, 3.8) is 0 Å². The van der Waals surface area contributed by atoms with Crippen molar-refractivity contribution in [2.24, 2.45) is 10.3 Å². The number of hydrogen-bond donors (Lipinski definition) is 1. The van der Waals surface area contributed by atoms with E-state index in [0.29, 0.717) is 23.3 Å². The standard InChI is InChI=1S/C22H21F6N3O3/c1-12-6-4-9-15(19(30-33-3)21(32)29-2)16(12)11-34-31-18(17(23)20(24)25)13-7-5-8-14(10-13)22(26,27)28/h4-10,17,20H,11H2,1-3H3,(H,29,32)/b30-19+,31-18+. The Hall–Kier alpha value is -3.57. The Kier molecular flexibility index (Phi) is 9.04. The predicted octanol–water partition coefficient (Wildman–Crippen LogP) is 4.63. The maximum Gasteiger partial charge on any atom is 0.416 e. The van der Waals surface area contributed by atoms with Crippen LogP contribution in [0.1, 0.15) is 27.8 Å². The number of aryl methyl sites for hydroxylation is 1. The van der Waals surface area contributed by atoms with Gasteiger partial charge in [0.15, 0.2) is 5.71 Å². The van der Waals surface area contributed by atoms with E-state index < -0.39 is 48.1 Å². The van der Waals surface area contributed by atoms with E-state index >= 15 is 0 Å². The van der Waals surface area contributed by atoms with Gasteiger partial charge in [-0.15, -0.1) is 0 Å². The normalized spacial score (nSPS) is 13.6. The van der Waals surface area contributed by atoms with Gasteiger partial charge >= 0.3 is 6.18 Å². The summed E-state index contributed by atoms with van der Waals surface area (Å²) in [6.45, 7) is 1.23. The molecule has 0 saturated carbocycles. The van der Waals surface area contributed by atoms with Gasteiger partial charge in [0.25, 0.3) is 12.3 Å². The summed E-state index contributed by atoms with van der Waals surface area (Å²) >= 11 is 0. The van der Waals surface area contributed by atoms with Crippen LogP contribution in [-0.2, 0) is 27.3 Å². The minimum atomic E-state index is -4.77. The van der Waals surface area contributed by atoms with E-state index in [4.69, 9.17) is 9.68 Å². The molecule has 2 rings (SSSR count). The molecule has 1 atom stereocenters. The van der Waals surface area contributed by atoms with Crippen molar-refractivity contribution in [3.8, 4) is 0 Å². The molecule has 2 aromatic rings. The minimum absolute atomic E-state index is 0.120. The van der Waals surface area contributed by atoms with E-state index in [1.807, 2.05) is 0 Å². The fraction of sp³-hybridized carbons (Fsp3) is 0.318. The fourth-order valence-electron chi connectivity index (χ4n) is 2.94. The number of rotatable bonds is 9. The third-order valence-electron chi connectivity index (χ3n) is 4.63. The molecule has 0 bridgehead atoms. The zero-order valence-corrected chi connectivity index (χ0v) is 18.3. The van der Waals surface area contributed by atoms with Crippen LogP contribution < -0.4 is 5.32 Å². The van der Waals surface area contributed by atoms with Crippen molar-refractivity contribution < 1.29 is 40.8 Å². The van der Waals surface area contributed by atoms with E-state index in [2.05, 4.69) is 15.6 Å². The SMILES string of the molecule is CNC(=O)/C(=N/OC)c1cccc(C)c1CO/N=C(\c1cccc(C(F)(F)F)c1)C(F)C(F)F. The molecule has 0 aliphatic heterocycles. The van der Waals surface area contributed by atoms with E-state index in [-0.39, 0.29) is 11.3 Å². The van der Waals surface area contributed by atoms with Crippen molar-refractivity contribution in [1.29, 1.82) is 0 Å². The summed E-state index contributed by atoms with van der Waals surface area (Å²) in [6, 6.07) is 7.98. The van der Waals surface area contributed by atoms with Crippen LogP contribution in [0, 0.1) is 6.92 Å². The highest BCUT2D eigenvalue weighted by Gasteiger charge is 2.33. The van der Waals surface area contributed by atoms with Crippen LogP contribution in [0.5, 0.6) is 0 Å². The number of likely N-dealkylation sites (N-methyl/N-ethyl adjacent to an activating group) is 1. The molecule has 0 radical (unpaired) electrons. The Bertz CT molecular complexity index is 1070. The van der Waals surface area contributed by atoms with Crippen molar-refractivity contribution in [3.05, 3.63) is 70.3 Å². The molecule has 1 unspecified atom stereocenters. The molecule has 1 amide bonds. The maximum atomic E-state index is 14.2. The highest BCUT2D eigenvalue weighted by molar-refractivity contribution is 6.45. The maximum absolute atomic E-state index is 14.2. The zero-order valence-electron chi connectivity index (χ0n) is 18.3. The first-order valence-corrected chi connectivity index (χ1v) is 9.73. The molecule has 0 spiro atoms. The third kappa shape index (κ3) is 6.49. The first-order chi connectivity index (χ1) is 16.0. The second kappa shape index (κ2) is 11.5. The summed E-state index contributed by atoms with van der Waals surface area (Å²) < 4.78 is 79.5. The summed E-state index contributed by atoms with van der Waals surface area (Å²) in [5.74, 6) is -0.594. The van der Waals surface area contributed by atoms with Crippen molar-refractivity contribution in [2.75, 3.05) is 14.2 Å². The summed E-state index contributed by atoms with van der Waals surface area (Å²) in [5, 5.41) is 9.49. The molecular weight excluding hydrogens is 468 g/mol. The van der Waals surface area contributed by atoms with E-state index in [9.17, 15) is 31.1 Å². The third-order valence-corrected chi connectivity index (χ3v) is 4.63. The Morgan fingerprint density at radius 3 is 2.35 bits per heavy atom. The minimum Gasteiger partial charge on any atom is -0.398 e. The van der Waals surface area contributed by atoms with Crippen LogP contribution in [0.3, 0.4) is 0 Å². The molecule has 34 heavy (non-hydrogen) atoms. The van der Waals surface area contributed by atoms with E-state index in [1.165, 1.54) is 20.2 Å². The number of hydrogen-bond acceptors (Lipinski definition) is 5. The second-order valence-electron chi connectivity index (χ2n) is 6.87. The van der Waals surface area contributed by atoms with Gasteiger partial charge in [-0.25, -0.2) is 13.2 Å². The fourth-order valence-corrected chi connectivity index (χ4v) is 2.94. The van der Waals surface area contributed by atoms with Gasteiger partial charge in [0, 0.05) is 23.7 Å². The molecule has 184 valence electrons. The van der Waals surface area contributed by atoms with E-state index in [0.717, 1.165) is 12.1 Å². The van der Waals surface area contributed by atoms with Crippen LogP contribution in [0.2, 0.25) is 0 Å². The lowest BCUT2D eigenvalue weighted by Gasteiger charge is -2.15. The average Bonchev–Trinajstić information content (AvgIpc) is 2.79. The number of carbonyl (C=O) groups excluding carboxylic acids is 1. The van der Waals surface area contributed by atoms with Gasteiger partial charge in [0.05, 0.1) is 5.56 Å².